The number of nitrogens with one attached hydrogen (secondary N) is 2. The molecular formula is C18H26ClF2N3O3. The van der Waals surface area contributed by atoms with E-state index < -0.39 is 12.5 Å². The summed E-state index contributed by atoms with van der Waals surface area (Å²) in [7, 11) is 1.85. The van der Waals surface area contributed by atoms with Crippen LogP contribution in [0.4, 0.5) is 8.78 Å². The van der Waals surface area contributed by atoms with Crippen LogP contribution in [0.25, 0.3) is 0 Å². The van der Waals surface area contributed by atoms with Crippen molar-refractivity contribution in [1.29, 1.82) is 0 Å². The highest BCUT2D eigenvalue weighted by Crippen LogP contribution is 2.25. The van der Waals surface area contributed by atoms with E-state index in [9.17, 15) is 18.4 Å². The Morgan fingerprint density at radius 3 is 2.74 bits per heavy atom. The van der Waals surface area contributed by atoms with E-state index >= 15 is 0 Å². The van der Waals surface area contributed by atoms with E-state index in [2.05, 4.69) is 15.4 Å². The standard InChI is InChI=1S/C18H25F2N3O3.ClH/c1-21-9-5-10-22-16(24)13-6-4-11-23(12-13)17(25)14-7-2-3-8-15(14)26-18(19)20;/h2-3,7-8,13,18,21H,4-6,9-12H2,1H3,(H,22,24);1H. The number of halogens is 3. The fraction of sp³-hybridized carbons (Fsp3) is 0.556. The summed E-state index contributed by atoms with van der Waals surface area (Å²) in [6.07, 6.45) is 2.23. The number of benzene rings is 1. The number of hydrogen-bond donors (Lipinski definition) is 2. The van der Waals surface area contributed by atoms with Gasteiger partial charge in [-0.3, -0.25) is 9.59 Å². The van der Waals surface area contributed by atoms with E-state index in [-0.39, 0.29) is 42.1 Å². The first-order valence-corrected chi connectivity index (χ1v) is 8.78. The molecule has 0 spiro atoms. The normalized spacial score (nSPS) is 16.6. The summed E-state index contributed by atoms with van der Waals surface area (Å²) in [6.45, 7) is -0.835. The number of para-hydroxylation sites is 1. The van der Waals surface area contributed by atoms with Crippen LogP contribution in [0, 0.1) is 5.92 Å². The third kappa shape index (κ3) is 6.95. The number of hydrogen-bond acceptors (Lipinski definition) is 4. The lowest BCUT2D eigenvalue weighted by molar-refractivity contribution is -0.126. The Morgan fingerprint density at radius 1 is 1.30 bits per heavy atom. The van der Waals surface area contributed by atoms with Crippen LogP contribution in [-0.2, 0) is 4.79 Å². The fourth-order valence-corrected chi connectivity index (χ4v) is 3.01. The van der Waals surface area contributed by atoms with Gasteiger partial charge in [0.2, 0.25) is 5.91 Å². The van der Waals surface area contributed by atoms with Crippen molar-refractivity contribution in [3.63, 3.8) is 0 Å². The molecule has 0 saturated carbocycles. The number of alkyl halides is 2. The van der Waals surface area contributed by atoms with E-state index in [1.54, 1.807) is 6.07 Å². The summed E-state index contributed by atoms with van der Waals surface area (Å²) in [5, 5.41) is 5.89. The number of likely N-dealkylation sites (tertiary alicyclic amines) is 1. The predicted octanol–water partition coefficient (Wildman–Crippen LogP) is 2.29. The smallest absolute Gasteiger partial charge is 0.387 e. The first kappa shape index (κ1) is 23.1. The topological polar surface area (TPSA) is 70.7 Å². The van der Waals surface area contributed by atoms with Gasteiger partial charge in [-0.2, -0.15) is 8.78 Å². The van der Waals surface area contributed by atoms with E-state index in [4.69, 9.17) is 0 Å². The molecule has 1 fully saturated rings. The second-order valence-electron chi connectivity index (χ2n) is 6.21. The van der Waals surface area contributed by atoms with Crippen molar-refractivity contribution < 1.29 is 23.1 Å². The third-order valence-corrected chi connectivity index (χ3v) is 4.32. The lowest BCUT2D eigenvalue weighted by Gasteiger charge is -2.32. The van der Waals surface area contributed by atoms with Crippen LogP contribution in [0.5, 0.6) is 5.75 Å². The van der Waals surface area contributed by atoms with Crippen LogP contribution in [0.1, 0.15) is 29.6 Å². The largest absolute Gasteiger partial charge is 0.434 e. The van der Waals surface area contributed by atoms with Gasteiger partial charge >= 0.3 is 6.61 Å². The Morgan fingerprint density at radius 2 is 2.04 bits per heavy atom. The highest BCUT2D eigenvalue weighted by molar-refractivity contribution is 5.97. The molecule has 0 bridgehead atoms. The van der Waals surface area contributed by atoms with Gasteiger partial charge in [-0.15, -0.1) is 12.4 Å². The van der Waals surface area contributed by atoms with E-state index in [0.29, 0.717) is 25.9 Å². The molecule has 1 aliphatic heterocycles. The van der Waals surface area contributed by atoms with Crippen LogP contribution in [0.3, 0.4) is 0 Å². The van der Waals surface area contributed by atoms with Crippen LogP contribution in [0.15, 0.2) is 24.3 Å². The molecule has 0 aliphatic carbocycles. The zero-order valence-electron chi connectivity index (χ0n) is 15.2. The number of rotatable bonds is 8. The van der Waals surface area contributed by atoms with E-state index in [1.165, 1.54) is 23.1 Å². The molecule has 27 heavy (non-hydrogen) atoms. The van der Waals surface area contributed by atoms with Gasteiger partial charge in [0.1, 0.15) is 5.75 Å². The summed E-state index contributed by atoms with van der Waals surface area (Å²) in [5.41, 5.74) is 0.0860. The average molecular weight is 406 g/mol. The molecule has 1 atom stereocenters. The molecule has 1 unspecified atom stereocenters. The molecule has 1 aromatic carbocycles. The molecule has 1 heterocycles. The Balaban J connectivity index is 0.00000364. The molecule has 6 nitrogen and oxygen atoms in total. The first-order valence-electron chi connectivity index (χ1n) is 8.78. The van der Waals surface area contributed by atoms with Crippen molar-refractivity contribution in [3.8, 4) is 5.75 Å². The maximum Gasteiger partial charge on any atom is 0.387 e. The Labute approximate surface area is 164 Å². The van der Waals surface area contributed by atoms with Crippen molar-refractivity contribution in [2.45, 2.75) is 25.9 Å². The molecule has 0 radical (unpaired) electrons. The van der Waals surface area contributed by atoms with Crippen LogP contribution >= 0.6 is 12.4 Å². The summed E-state index contributed by atoms with van der Waals surface area (Å²) in [4.78, 5) is 26.6. The zero-order chi connectivity index (χ0) is 18.9. The summed E-state index contributed by atoms with van der Waals surface area (Å²) < 4.78 is 29.5. The molecule has 2 amide bonds. The molecule has 152 valence electrons. The molecule has 2 N–H and O–H groups in total. The van der Waals surface area contributed by atoms with Crippen molar-refractivity contribution in [3.05, 3.63) is 29.8 Å². The van der Waals surface area contributed by atoms with Gasteiger partial charge in [0.05, 0.1) is 11.5 Å². The number of ether oxygens (including phenoxy) is 1. The SMILES string of the molecule is CNCCCNC(=O)C1CCCN(C(=O)c2ccccc2OC(F)F)C1.Cl. The fourth-order valence-electron chi connectivity index (χ4n) is 3.01. The average Bonchev–Trinajstić information content (AvgIpc) is 2.64. The maximum absolute atomic E-state index is 12.7. The second kappa shape index (κ2) is 11.7. The van der Waals surface area contributed by atoms with Crippen molar-refractivity contribution in [2.75, 3.05) is 33.2 Å². The molecule has 1 saturated heterocycles. The summed E-state index contributed by atoms with van der Waals surface area (Å²) in [6, 6.07) is 5.93. The van der Waals surface area contributed by atoms with Gasteiger partial charge in [-0.25, -0.2) is 0 Å². The maximum atomic E-state index is 12.7. The lowest BCUT2D eigenvalue weighted by Crippen LogP contribution is -2.45. The predicted molar refractivity (Wildman–Crippen MR) is 101 cm³/mol. The van der Waals surface area contributed by atoms with Crippen LogP contribution in [-0.4, -0.2) is 56.6 Å². The summed E-state index contributed by atoms with van der Waals surface area (Å²) in [5.74, 6) is -0.902. The van der Waals surface area contributed by atoms with E-state index in [0.717, 1.165) is 13.0 Å². The Hall–Kier alpha value is -1.93. The number of carbonyl (C=O) groups excluding carboxylic acids is 2. The van der Waals surface area contributed by atoms with Gasteiger partial charge in [0, 0.05) is 19.6 Å². The highest BCUT2D eigenvalue weighted by Gasteiger charge is 2.30. The quantitative estimate of drug-likeness (QED) is 0.651. The minimum atomic E-state index is -3.00. The van der Waals surface area contributed by atoms with Crippen molar-refractivity contribution >= 4 is 24.2 Å². The molecule has 1 aliphatic rings. The number of nitrogens with zero attached hydrogens (tertiary/aromatic N) is 1. The lowest BCUT2D eigenvalue weighted by atomic mass is 9.96. The molecule has 0 aromatic heterocycles. The van der Waals surface area contributed by atoms with Gasteiger partial charge in [-0.1, -0.05) is 12.1 Å². The molecule has 9 heteroatoms. The molecular weight excluding hydrogens is 380 g/mol. The minimum Gasteiger partial charge on any atom is -0.434 e. The third-order valence-electron chi connectivity index (χ3n) is 4.32. The zero-order valence-corrected chi connectivity index (χ0v) is 16.1. The number of piperidine rings is 1. The summed E-state index contributed by atoms with van der Waals surface area (Å²) >= 11 is 0. The Bertz CT molecular complexity index is 619. The second-order valence-corrected chi connectivity index (χ2v) is 6.21. The van der Waals surface area contributed by atoms with Crippen molar-refractivity contribution in [2.24, 2.45) is 5.92 Å². The van der Waals surface area contributed by atoms with Crippen LogP contribution < -0.4 is 15.4 Å². The van der Waals surface area contributed by atoms with Gasteiger partial charge in [0.25, 0.3) is 5.91 Å². The molecule has 2 rings (SSSR count). The van der Waals surface area contributed by atoms with Crippen LogP contribution in [0.2, 0.25) is 0 Å². The first-order chi connectivity index (χ1) is 12.5. The van der Waals surface area contributed by atoms with E-state index in [1.807, 2.05) is 7.05 Å². The van der Waals surface area contributed by atoms with Gasteiger partial charge in [0.15, 0.2) is 0 Å². The Kier molecular flexibility index (Phi) is 10.0. The highest BCUT2D eigenvalue weighted by atomic mass is 35.5. The number of carbonyl (C=O) groups is 2. The minimum absolute atomic E-state index is 0. The van der Waals surface area contributed by atoms with Gasteiger partial charge < -0.3 is 20.3 Å². The monoisotopic (exact) mass is 405 g/mol. The molecule has 1 aromatic rings. The van der Waals surface area contributed by atoms with Gasteiger partial charge in [-0.05, 0) is 45.0 Å². The van der Waals surface area contributed by atoms with Crippen molar-refractivity contribution in [1.82, 2.24) is 15.5 Å². The number of amides is 2.